The highest BCUT2D eigenvalue weighted by atomic mass is 15.3. The van der Waals surface area contributed by atoms with Gasteiger partial charge in [0.25, 0.3) is 0 Å². The van der Waals surface area contributed by atoms with Gasteiger partial charge in [0.2, 0.25) is 0 Å². The summed E-state index contributed by atoms with van der Waals surface area (Å²) in [6, 6.07) is 0.897. The van der Waals surface area contributed by atoms with Gasteiger partial charge in [-0.1, -0.05) is 20.3 Å². The maximum absolute atomic E-state index is 2.39. The van der Waals surface area contributed by atoms with Gasteiger partial charge in [-0.25, -0.2) is 0 Å². The summed E-state index contributed by atoms with van der Waals surface area (Å²) >= 11 is 0. The summed E-state index contributed by atoms with van der Waals surface area (Å²) in [6.45, 7) is 4.78. The first-order chi connectivity index (χ1) is 5.93. The lowest BCUT2D eigenvalue weighted by atomic mass is 9.76. The molecule has 0 bridgehead atoms. The molecule has 1 nitrogen and oxygen atoms in total. The van der Waals surface area contributed by atoms with Gasteiger partial charge in [-0.3, -0.25) is 0 Å². The van der Waals surface area contributed by atoms with Gasteiger partial charge in [0, 0.05) is 5.92 Å². The molecule has 78 valence electrons. The zero-order chi connectivity index (χ0) is 10.1. The third kappa shape index (κ3) is 2.70. The lowest BCUT2D eigenvalue weighted by molar-refractivity contribution is -0.902. The first kappa shape index (κ1) is 11.0. The SMILES string of the molecule is CC(C)[C@H]1CCCC[C@@H]1[N+](C)(C)C. The zero-order valence-corrected chi connectivity index (χ0v) is 10.0. The quantitative estimate of drug-likeness (QED) is 0.579. The Bertz CT molecular complexity index is 155. The number of hydrogen-bond acceptors (Lipinski definition) is 0. The van der Waals surface area contributed by atoms with Crippen molar-refractivity contribution in [3.05, 3.63) is 0 Å². The van der Waals surface area contributed by atoms with E-state index in [1.165, 1.54) is 25.7 Å². The minimum Gasteiger partial charge on any atom is -0.328 e. The van der Waals surface area contributed by atoms with Crippen LogP contribution in [0.4, 0.5) is 0 Å². The zero-order valence-electron chi connectivity index (χ0n) is 10.0. The minimum absolute atomic E-state index is 0.864. The van der Waals surface area contributed by atoms with E-state index in [1.807, 2.05) is 0 Å². The Kier molecular flexibility index (Phi) is 3.39. The first-order valence-electron chi connectivity index (χ1n) is 5.74. The molecule has 0 aromatic heterocycles. The Morgan fingerprint density at radius 3 is 1.92 bits per heavy atom. The van der Waals surface area contributed by atoms with Crippen molar-refractivity contribution in [2.75, 3.05) is 21.1 Å². The Morgan fingerprint density at radius 1 is 1.00 bits per heavy atom. The average molecular weight is 184 g/mol. The largest absolute Gasteiger partial charge is 0.328 e. The Labute approximate surface area is 83.7 Å². The summed E-state index contributed by atoms with van der Waals surface area (Å²) in [7, 11) is 7.06. The van der Waals surface area contributed by atoms with E-state index in [0.29, 0.717) is 0 Å². The summed E-state index contributed by atoms with van der Waals surface area (Å²) < 4.78 is 1.16. The maximum Gasteiger partial charge on any atom is 0.0915 e. The predicted octanol–water partition coefficient (Wildman–Crippen LogP) is 2.91. The van der Waals surface area contributed by atoms with Crippen LogP contribution in [-0.2, 0) is 0 Å². The van der Waals surface area contributed by atoms with E-state index in [0.717, 1.165) is 22.4 Å². The molecule has 0 aromatic rings. The monoisotopic (exact) mass is 184 g/mol. The van der Waals surface area contributed by atoms with E-state index in [1.54, 1.807) is 0 Å². The van der Waals surface area contributed by atoms with E-state index in [2.05, 4.69) is 35.0 Å². The third-order valence-electron chi connectivity index (χ3n) is 3.63. The van der Waals surface area contributed by atoms with Crippen molar-refractivity contribution in [3.8, 4) is 0 Å². The molecule has 1 aliphatic carbocycles. The van der Waals surface area contributed by atoms with Gasteiger partial charge in [-0.15, -0.1) is 0 Å². The maximum atomic E-state index is 2.39. The lowest BCUT2D eigenvalue weighted by Crippen LogP contribution is -2.51. The molecule has 0 amide bonds. The number of nitrogens with zero attached hydrogens (tertiary/aromatic N) is 1. The molecule has 0 spiro atoms. The van der Waals surface area contributed by atoms with E-state index in [4.69, 9.17) is 0 Å². The molecule has 1 rings (SSSR count). The summed E-state index contributed by atoms with van der Waals surface area (Å²) in [5.74, 6) is 1.82. The van der Waals surface area contributed by atoms with Crippen molar-refractivity contribution < 1.29 is 4.48 Å². The van der Waals surface area contributed by atoms with Crippen LogP contribution in [0, 0.1) is 11.8 Å². The van der Waals surface area contributed by atoms with Crippen molar-refractivity contribution in [2.45, 2.75) is 45.6 Å². The van der Waals surface area contributed by atoms with Crippen molar-refractivity contribution >= 4 is 0 Å². The molecule has 0 saturated heterocycles. The normalized spacial score (nSPS) is 30.9. The van der Waals surface area contributed by atoms with Gasteiger partial charge in [-0.05, 0) is 25.2 Å². The molecule has 13 heavy (non-hydrogen) atoms. The second-order valence-electron chi connectivity index (χ2n) is 5.88. The smallest absolute Gasteiger partial charge is 0.0915 e. The van der Waals surface area contributed by atoms with Crippen molar-refractivity contribution in [1.29, 1.82) is 0 Å². The van der Waals surface area contributed by atoms with Gasteiger partial charge in [0.1, 0.15) is 0 Å². The topological polar surface area (TPSA) is 0 Å². The molecule has 0 heterocycles. The Hall–Kier alpha value is -0.0400. The van der Waals surface area contributed by atoms with Crippen LogP contribution in [0.1, 0.15) is 39.5 Å². The van der Waals surface area contributed by atoms with Gasteiger partial charge < -0.3 is 4.48 Å². The summed E-state index contributed by atoms with van der Waals surface area (Å²) in [6.07, 6.45) is 5.80. The second kappa shape index (κ2) is 4.00. The molecule has 0 N–H and O–H groups in total. The molecule has 0 aromatic carbocycles. The highest BCUT2D eigenvalue weighted by molar-refractivity contribution is 4.78. The van der Waals surface area contributed by atoms with Gasteiger partial charge in [0.15, 0.2) is 0 Å². The fourth-order valence-electron chi connectivity index (χ4n) is 2.88. The van der Waals surface area contributed by atoms with Crippen molar-refractivity contribution in [1.82, 2.24) is 0 Å². The van der Waals surface area contributed by atoms with Crippen LogP contribution >= 0.6 is 0 Å². The van der Waals surface area contributed by atoms with Crippen molar-refractivity contribution in [2.24, 2.45) is 11.8 Å². The van der Waals surface area contributed by atoms with E-state index in [-0.39, 0.29) is 0 Å². The van der Waals surface area contributed by atoms with Crippen LogP contribution < -0.4 is 0 Å². The predicted molar refractivity (Wildman–Crippen MR) is 58.6 cm³/mol. The lowest BCUT2D eigenvalue weighted by Gasteiger charge is -2.43. The first-order valence-corrected chi connectivity index (χ1v) is 5.74. The Morgan fingerprint density at radius 2 is 1.54 bits per heavy atom. The number of quaternary nitrogens is 1. The molecule has 1 saturated carbocycles. The highest BCUT2D eigenvalue weighted by Crippen LogP contribution is 2.34. The van der Waals surface area contributed by atoms with Crippen LogP contribution in [0.2, 0.25) is 0 Å². The van der Waals surface area contributed by atoms with E-state index in [9.17, 15) is 0 Å². The molecule has 1 fully saturated rings. The average Bonchev–Trinajstić information content (AvgIpc) is 2.03. The van der Waals surface area contributed by atoms with Gasteiger partial charge >= 0.3 is 0 Å². The molecule has 0 unspecified atom stereocenters. The summed E-state index contributed by atoms with van der Waals surface area (Å²) in [5.41, 5.74) is 0. The third-order valence-corrected chi connectivity index (χ3v) is 3.63. The summed E-state index contributed by atoms with van der Waals surface area (Å²) in [4.78, 5) is 0. The van der Waals surface area contributed by atoms with Crippen LogP contribution in [0.25, 0.3) is 0 Å². The van der Waals surface area contributed by atoms with Gasteiger partial charge in [-0.2, -0.15) is 0 Å². The molecular weight excluding hydrogens is 158 g/mol. The number of rotatable bonds is 2. The molecule has 0 radical (unpaired) electrons. The molecule has 1 aliphatic rings. The molecular formula is C12H26N+. The van der Waals surface area contributed by atoms with Crippen LogP contribution in [0.3, 0.4) is 0 Å². The second-order valence-corrected chi connectivity index (χ2v) is 5.88. The van der Waals surface area contributed by atoms with Crippen molar-refractivity contribution in [3.63, 3.8) is 0 Å². The fourth-order valence-corrected chi connectivity index (χ4v) is 2.88. The van der Waals surface area contributed by atoms with Crippen LogP contribution in [0.5, 0.6) is 0 Å². The molecule has 0 aliphatic heterocycles. The molecule has 1 heteroatoms. The highest BCUT2D eigenvalue weighted by Gasteiger charge is 2.36. The fraction of sp³-hybridized carbons (Fsp3) is 1.00. The van der Waals surface area contributed by atoms with Crippen LogP contribution in [0.15, 0.2) is 0 Å². The number of hydrogen-bond donors (Lipinski definition) is 0. The standard InChI is InChI=1S/C12H26N/c1-10(2)11-8-6-7-9-12(11)13(3,4)5/h10-12H,6-9H2,1-5H3/q+1/t11-,12+/m1/s1. The Balaban J connectivity index is 2.67. The van der Waals surface area contributed by atoms with Gasteiger partial charge in [0.05, 0.1) is 27.2 Å². The minimum atomic E-state index is 0.864. The van der Waals surface area contributed by atoms with Crippen LogP contribution in [-0.4, -0.2) is 31.7 Å². The van der Waals surface area contributed by atoms with E-state index >= 15 is 0 Å². The summed E-state index contributed by atoms with van der Waals surface area (Å²) in [5, 5.41) is 0. The molecule has 2 atom stereocenters. The van der Waals surface area contributed by atoms with E-state index < -0.39 is 0 Å².